The number of esters is 1. The van der Waals surface area contributed by atoms with E-state index in [1.165, 1.54) is 31.6 Å². The molecule has 2 heterocycles. The molecule has 0 aliphatic heterocycles. The van der Waals surface area contributed by atoms with Crippen molar-refractivity contribution in [3.63, 3.8) is 0 Å². The summed E-state index contributed by atoms with van der Waals surface area (Å²) in [5, 5.41) is 10.1. The van der Waals surface area contributed by atoms with Crippen molar-refractivity contribution in [3.8, 4) is 11.6 Å². The molecule has 8 nitrogen and oxygen atoms in total. The summed E-state index contributed by atoms with van der Waals surface area (Å²) in [7, 11) is 1.28. The van der Waals surface area contributed by atoms with E-state index in [1.54, 1.807) is 12.1 Å². The fourth-order valence-corrected chi connectivity index (χ4v) is 2.78. The van der Waals surface area contributed by atoms with E-state index in [1.807, 2.05) is 0 Å². The van der Waals surface area contributed by atoms with Gasteiger partial charge in [-0.15, -0.1) is 5.10 Å². The number of furan rings is 1. The summed E-state index contributed by atoms with van der Waals surface area (Å²) in [6, 6.07) is 7.98. The van der Waals surface area contributed by atoms with Crippen LogP contribution >= 0.6 is 23.4 Å². The average molecular weight is 393 g/mol. The highest BCUT2D eigenvalue weighted by Crippen LogP contribution is 2.24. The van der Waals surface area contributed by atoms with Gasteiger partial charge in [-0.05, 0) is 30.3 Å². The van der Waals surface area contributed by atoms with Crippen LogP contribution in [0.2, 0.25) is 5.02 Å². The van der Waals surface area contributed by atoms with Crippen LogP contribution in [0.4, 0.5) is 5.69 Å². The lowest BCUT2D eigenvalue weighted by molar-refractivity contribution is -0.113. The summed E-state index contributed by atoms with van der Waals surface area (Å²) in [5.74, 6) is 0.266. The van der Waals surface area contributed by atoms with Gasteiger partial charge in [-0.1, -0.05) is 23.4 Å². The van der Waals surface area contributed by atoms with Gasteiger partial charge in [0, 0.05) is 0 Å². The highest BCUT2D eigenvalue weighted by Gasteiger charge is 2.13. The Morgan fingerprint density at radius 2 is 2.23 bits per heavy atom. The molecule has 3 aromatic rings. The van der Waals surface area contributed by atoms with E-state index in [9.17, 15) is 9.59 Å². The summed E-state index contributed by atoms with van der Waals surface area (Å²) < 4.78 is 9.86. The Balaban J connectivity index is 1.60. The van der Waals surface area contributed by atoms with E-state index in [2.05, 4.69) is 25.2 Å². The molecule has 1 aromatic carbocycles. The number of carbonyl (C=O) groups is 2. The fraction of sp³-hybridized carbons (Fsp3) is 0.125. The third-order valence-corrected chi connectivity index (χ3v) is 4.39. The number of carbonyl (C=O) groups excluding carboxylic acids is 2. The maximum absolute atomic E-state index is 12.1. The topological polar surface area (TPSA) is 110 Å². The molecule has 10 heteroatoms. The van der Waals surface area contributed by atoms with E-state index < -0.39 is 5.97 Å². The monoisotopic (exact) mass is 392 g/mol. The molecule has 0 radical (unpaired) electrons. The second-order valence-corrected chi connectivity index (χ2v) is 6.32. The number of nitrogens with one attached hydrogen (secondary N) is 2. The van der Waals surface area contributed by atoms with Crippen molar-refractivity contribution in [1.82, 2.24) is 15.2 Å². The van der Waals surface area contributed by atoms with Crippen molar-refractivity contribution in [1.29, 1.82) is 0 Å². The van der Waals surface area contributed by atoms with E-state index in [0.29, 0.717) is 27.5 Å². The Hall–Kier alpha value is -2.78. The zero-order valence-electron chi connectivity index (χ0n) is 13.5. The Morgan fingerprint density at radius 3 is 2.96 bits per heavy atom. The Morgan fingerprint density at radius 1 is 1.38 bits per heavy atom. The summed E-state index contributed by atoms with van der Waals surface area (Å²) >= 11 is 7.20. The number of thioether (sulfide) groups is 1. The zero-order valence-corrected chi connectivity index (χ0v) is 15.1. The normalized spacial score (nSPS) is 10.5. The van der Waals surface area contributed by atoms with Crippen molar-refractivity contribution >= 4 is 40.9 Å². The van der Waals surface area contributed by atoms with Crippen molar-refractivity contribution < 1.29 is 18.7 Å². The molecule has 1 amide bonds. The van der Waals surface area contributed by atoms with Gasteiger partial charge in [0.1, 0.15) is 0 Å². The maximum Gasteiger partial charge on any atom is 0.337 e. The number of nitrogens with zero attached hydrogens (tertiary/aromatic N) is 2. The minimum Gasteiger partial charge on any atom is -0.465 e. The average Bonchev–Trinajstić information content (AvgIpc) is 3.32. The molecule has 134 valence electrons. The quantitative estimate of drug-likeness (QED) is 0.489. The number of amides is 1. The molecular formula is C16H13ClN4O4S. The lowest BCUT2D eigenvalue weighted by Crippen LogP contribution is -2.15. The smallest absolute Gasteiger partial charge is 0.337 e. The van der Waals surface area contributed by atoms with E-state index >= 15 is 0 Å². The van der Waals surface area contributed by atoms with Crippen molar-refractivity contribution in [2.75, 3.05) is 18.2 Å². The van der Waals surface area contributed by atoms with Crippen LogP contribution in [0.3, 0.4) is 0 Å². The highest BCUT2D eigenvalue weighted by molar-refractivity contribution is 7.99. The number of benzene rings is 1. The molecule has 0 aliphatic rings. The van der Waals surface area contributed by atoms with Crippen LogP contribution in [0.15, 0.2) is 46.2 Å². The van der Waals surface area contributed by atoms with Crippen LogP contribution in [0.25, 0.3) is 11.6 Å². The number of hydrogen-bond donors (Lipinski definition) is 2. The van der Waals surface area contributed by atoms with Gasteiger partial charge in [0.25, 0.3) is 0 Å². The van der Waals surface area contributed by atoms with Gasteiger partial charge >= 0.3 is 5.97 Å². The van der Waals surface area contributed by atoms with Crippen LogP contribution in [0.1, 0.15) is 10.4 Å². The number of hydrogen-bond acceptors (Lipinski definition) is 7. The lowest BCUT2D eigenvalue weighted by atomic mass is 10.2. The number of anilines is 1. The van der Waals surface area contributed by atoms with Gasteiger partial charge in [0.2, 0.25) is 11.1 Å². The van der Waals surface area contributed by atoms with Crippen molar-refractivity contribution in [3.05, 3.63) is 47.2 Å². The number of H-pyrrole nitrogens is 1. The summed E-state index contributed by atoms with van der Waals surface area (Å²) in [6.07, 6.45) is 1.53. The van der Waals surface area contributed by atoms with E-state index in [-0.39, 0.29) is 17.2 Å². The van der Waals surface area contributed by atoms with Crippen molar-refractivity contribution in [2.24, 2.45) is 0 Å². The third kappa shape index (κ3) is 4.24. The molecular weight excluding hydrogens is 380 g/mol. The first kappa shape index (κ1) is 18.0. The Kier molecular flexibility index (Phi) is 5.59. The zero-order chi connectivity index (χ0) is 18.5. The van der Waals surface area contributed by atoms with Gasteiger partial charge in [-0.25, -0.2) is 4.79 Å². The second-order valence-electron chi connectivity index (χ2n) is 4.97. The SMILES string of the molecule is COC(=O)c1ccc(Cl)c(NC(=O)CSc2n[nH]c(-c3ccco3)n2)c1. The number of methoxy groups -OCH3 is 1. The van der Waals surface area contributed by atoms with Gasteiger partial charge in [-0.2, -0.15) is 4.98 Å². The number of halogens is 1. The fourth-order valence-electron chi connectivity index (χ4n) is 2.02. The second kappa shape index (κ2) is 8.07. The first-order valence-electron chi connectivity index (χ1n) is 7.33. The third-order valence-electron chi connectivity index (χ3n) is 3.21. The molecule has 0 fully saturated rings. The standard InChI is InChI=1S/C16H13ClN4O4S/c1-24-15(23)9-4-5-10(17)11(7-9)18-13(22)8-26-16-19-14(20-21-16)12-3-2-6-25-12/h2-7H,8H2,1H3,(H,18,22)(H,19,20,21). The first-order valence-corrected chi connectivity index (χ1v) is 8.70. The largest absolute Gasteiger partial charge is 0.465 e. The predicted octanol–water partition coefficient (Wildman–Crippen LogP) is 3.24. The molecule has 0 aliphatic carbocycles. The predicted molar refractivity (Wildman–Crippen MR) is 96.2 cm³/mol. The molecule has 2 N–H and O–H groups in total. The van der Waals surface area contributed by atoms with E-state index in [4.69, 9.17) is 16.0 Å². The van der Waals surface area contributed by atoms with Crippen LogP contribution in [0, 0.1) is 0 Å². The van der Waals surface area contributed by atoms with Gasteiger partial charge < -0.3 is 14.5 Å². The van der Waals surface area contributed by atoms with Crippen LogP contribution < -0.4 is 5.32 Å². The maximum atomic E-state index is 12.1. The number of aromatic nitrogens is 3. The van der Waals surface area contributed by atoms with Gasteiger partial charge in [0.05, 0.1) is 35.4 Å². The minimum atomic E-state index is -0.516. The first-order chi connectivity index (χ1) is 12.6. The number of ether oxygens (including phenoxy) is 1. The summed E-state index contributed by atoms with van der Waals surface area (Å²) in [6.45, 7) is 0. The Labute approximate surface area is 157 Å². The van der Waals surface area contributed by atoms with E-state index in [0.717, 1.165) is 11.8 Å². The molecule has 0 atom stereocenters. The summed E-state index contributed by atoms with van der Waals surface area (Å²) in [4.78, 5) is 27.9. The molecule has 3 rings (SSSR count). The van der Waals surface area contributed by atoms with Crippen LogP contribution in [-0.2, 0) is 9.53 Å². The van der Waals surface area contributed by atoms with Crippen LogP contribution in [0.5, 0.6) is 0 Å². The van der Waals surface area contributed by atoms with Crippen LogP contribution in [-0.4, -0.2) is 39.9 Å². The molecule has 0 saturated carbocycles. The molecule has 26 heavy (non-hydrogen) atoms. The number of rotatable bonds is 6. The van der Waals surface area contributed by atoms with Crippen molar-refractivity contribution in [2.45, 2.75) is 5.16 Å². The number of aromatic amines is 1. The van der Waals surface area contributed by atoms with Gasteiger partial charge in [0.15, 0.2) is 11.6 Å². The van der Waals surface area contributed by atoms with Gasteiger partial charge in [-0.3, -0.25) is 9.89 Å². The highest BCUT2D eigenvalue weighted by atomic mass is 35.5. The molecule has 2 aromatic heterocycles. The molecule has 0 unspecified atom stereocenters. The minimum absolute atomic E-state index is 0.0637. The molecule has 0 bridgehead atoms. The molecule has 0 saturated heterocycles. The Bertz CT molecular complexity index is 926. The molecule has 0 spiro atoms. The lowest BCUT2D eigenvalue weighted by Gasteiger charge is -2.08. The summed E-state index contributed by atoms with van der Waals surface area (Å²) in [5.41, 5.74) is 0.614.